The summed E-state index contributed by atoms with van der Waals surface area (Å²) < 4.78 is 21.4. The van der Waals surface area contributed by atoms with Gasteiger partial charge in [0.05, 0.1) is 52.9 Å². The number of benzene rings is 1. The second-order valence-corrected chi connectivity index (χ2v) is 9.91. The maximum atomic E-state index is 13.2. The van der Waals surface area contributed by atoms with Crippen LogP contribution in [0.1, 0.15) is 45.6 Å². The molecule has 0 saturated heterocycles. The van der Waals surface area contributed by atoms with Crippen LogP contribution in [0.5, 0.6) is 0 Å². The van der Waals surface area contributed by atoms with Gasteiger partial charge in [-0.2, -0.15) is 0 Å². The van der Waals surface area contributed by atoms with Crippen LogP contribution in [0.2, 0.25) is 0 Å². The molecule has 0 aliphatic carbocycles. The molecule has 0 heterocycles. The van der Waals surface area contributed by atoms with Crippen molar-refractivity contribution in [1.29, 1.82) is 0 Å². The van der Waals surface area contributed by atoms with Crippen molar-refractivity contribution in [3.63, 3.8) is 0 Å². The number of urea groups is 1. The highest BCUT2D eigenvalue weighted by Crippen LogP contribution is 2.12. The molecule has 5 amide bonds. The van der Waals surface area contributed by atoms with Crippen LogP contribution in [0.4, 0.5) is 10.5 Å². The fraction of sp³-hybridized carbons (Fsp3) is 0.655. The first-order valence-electron chi connectivity index (χ1n) is 14.6. The number of aliphatic hydroxyl groups is 1. The number of nitrogens with one attached hydrogen (secondary N) is 4. The summed E-state index contributed by atoms with van der Waals surface area (Å²) in [5.74, 6) is -1.61. The van der Waals surface area contributed by atoms with Crippen LogP contribution < -0.4 is 27.0 Å². The second-order valence-electron chi connectivity index (χ2n) is 9.91. The van der Waals surface area contributed by atoms with Crippen molar-refractivity contribution in [3.8, 4) is 0 Å². The zero-order chi connectivity index (χ0) is 31.9. The van der Waals surface area contributed by atoms with Crippen molar-refractivity contribution in [1.82, 2.24) is 16.0 Å². The maximum absolute atomic E-state index is 13.2. The number of nitrogens with two attached hydrogens (primary N) is 1. The minimum Gasteiger partial charge on any atom is -0.392 e. The molecule has 244 valence electrons. The zero-order valence-corrected chi connectivity index (χ0v) is 25.5. The van der Waals surface area contributed by atoms with Gasteiger partial charge in [-0.3, -0.25) is 14.4 Å². The first-order chi connectivity index (χ1) is 20.7. The van der Waals surface area contributed by atoms with E-state index < -0.39 is 29.9 Å². The van der Waals surface area contributed by atoms with Crippen LogP contribution in [0.25, 0.3) is 0 Å². The van der Waals surface area contributed by atoms with Gasteiger partial charge in [0.2, 0.25) is 17.7 Å². The van der Waals surface area contributed by atoms with E-state index in [4.69, 9.17) is 24.7 Å². The Labute approximate surface area is 253 Å². The molecule has 2 atom stereocenters. The molecular formula is C29H49N5O9. The summed E-state index contributed by atoms with van der Waals surface area (Å²) in [6, 6.07) is 4.10. The van der Waals surface area contributed by atoms with Crippen LogP contribution in [-0.4, -0.2) is 100 Å². The smallest absolute Gasteiger partial charge is 0.312 e. The van der Waals surface area contributed by atoms with Crippen LogP contribution in [0.3, 0.4) is 0 Å². The molecule has 1 aromatic rings. The standard InChI is InChI=1S/C29H49N5O9/c1-4-40-14-15-42-18-19-43-17-16-41-13-11-25(36)34-26(21(2)3)28(38)33-24(6-5-12-31-29(30)39)27(37)32-23-9-7-22(20-35)8-10-23/h7-10,21,24,26,35H,4-6,11-20H2,1-3H3,(H,32,37)(H,33,38)(H,34,36)(H3,30,31,39)/t24-,26-/m0/s1. The Kier molecular flexibility index (Phi) is 20.3. The third kappa shape index (κ3) is 18.1. The topological polar surface area (TPSA) is 200 Å². The quantitative estimate of drug-likeness (QED) is 0.0909. The predicted octanol–water partition coefficient (Wildman–Crippen LogP) is 0.668. The minimum atomic E-state index is -0.948. The Morgan fingerprint density at radius 1 is 0.837 bits per heavy atom. The number of rotatable bonds is 24. The third-order valence-electron chi connectivity index (χ3n) is 6.07. The van der Waals surface area contributed by atoms with Gasteiger partial charge in [0, 0.05) is 25.3 Å². The Morgan fingerprint density at radius 2 is 1.42 bits per heavy atom. The average Bonchev–Trinajstić information content (AvgIpc) is 2.97. The molecule has 14 nitrogen and oxygen atoms in total. The number of anilines is 1. The average molecular weight is 612 g/mol. The van der Waals surface area contributed by atoms with Crippen molar-refractivity contribution >= 4 is 29.4 Å². The molecule has 0 aliphatic heterocycles. The van der Waals surface area contributed by atoms with Crippen molar-refractivity contribution in [3.05, 3.63) is 29.8 Å². The summed E-state index contributed by atoms with van der Waals surface area (Å²) in [6.45, 7) is 9.01. The second kappa shape index (κ2) is 23.2. The molecule has 7 N–H and O–H groups in total. The van der Waals surface area contributed by atoms with Gasteiger partial charge in [0.1, 0.15) is 12.1 Å². The van der Waals surface area contributed by atoms with E-state index >= 15 is 0 Å². The highest BCUT2D eigenvalue weighted by atomic mass is 16.6. The largest absolute Gasteiger partial charge is 0.392 e. The summed E-state index contributed by atoms with van der Waals surface area (Å²) in [4.78, 5) is 49.8. The summed E-state index contributed by atoms with van der Waals surface area (Å²) in [6.07, 6.45) is 0.621. The van der Waals surface area contributed by atoms with E-state index in [2.05, 4.69) is 21.3 Å². The van der Waals surface area contributed by atoms with Gasteiger partial charge in [0.15, 0.2) is 0 Å². The number of hydrogen-bond acceptors (Lipinski definition) is 9. The van der Waals surface area contributed by atoms with E-state index in [1.165, 1.54) is 0 Å². The molecule has 0 aromatic heterocycles. The molecule has 43 heavy (non-hydrogen) atoms. The number of primary amides is 1. The lowest BCUT2D eigenvalue weighted by Gasteiger charge is -2.25. The van der Waals surface area contributed by atoms with E-state index in [1.54, 1.807) is 38.1 Å². The van der Waals surface area contributed by atoms with Gasteiger partial charge in [-0.25, -0.2) is 4.79 Å². The van der Waals surface area contributed by atoms with Crippen LogP contribution in [0.15, 0.2) is 24.3 Å². The van der Waals surface area contributed by atoms with Gasteiger partial charge in [-0.05, 0) is 43.4 Å². The predicted molar refractivity (Wildman–Crippen MR) is 160 cm³/mol. The van der Waals surface area contributed by atoms with E-state index in [-0.39, 0.29) is 44.4 Å². The normalized spacial score (nSPS) is 12.4. The molecule has 0 unspecified atom stereocenters. The molecule has 0 saturated carbocycles. The summed E-state index contributed by atoms with van der Waals surface area (Å²) in [5, 5.41) is 19.9. The number of ether oxygens (including phenoxy) is 4. The van der Waals surface area contributed by atoms with Crippen LogP contribution >= 0.6 is 0 Å². The van der Waals surface area contributed by atoms with E-state index in [9.17, 15) is 24.3 Å². The molecule has 0 fully saturated rings. The Morgan fingerprint density at radius 3 is 1.95 bits per heavy atom. The summed E-state index contributed by atoms with van der Waals surface area (Å²) in [5.41, 5.74) is 6.28. The number of hydrogen-bond donors (Lipinski definition) is 6. The van der Waals surface area contributed by atoms with Gasteiger partial charge in [0.25, 0.3) is 0 Å². The maximum Gasteiger partial charge on any atom is 0.312 e. The lowest BCUT2D eigenvalue weighted by Crippen LogP contribution is -2.54. The van der Waals surface area contributed by atoms with Crippen molar-refractivity contribution in [2.75, 3.05) is 64.7 Å². The lowest BCUT2D eigenvalue weighted by atomic mass is 10.0. The van der Waals surface area contributed by atoms with Crippen molar-refractivity contribution in [2.45, 2.75) is 58.7 Å². The molecular weight excluding hydrogens is 562 g/mol. The van der Waals surface area contributed by atoms with E-state index in [1.807, 2.05) is 6.92 Å². The number of carbonyl (C=O) groups is 4. The first kappa shape index (κ1) is 37.7. The van der Waals surface area contributed by atoms with E-state index in [0.717, 1.165) is 0 Å². The van der Waals surface area contributed by atoms with Gasteiger partial charge < -0.3 is 51.1 Å². The third-order valence-corrected chi connectivity index (χ3v) is 6.07. The van der Waals surface area contributed by atoms with Gasteiger partial charge >= 0.3 is 6.03 Å². The van der Waals surface area contributed by atoms with Gasteiger partial charge in [-0.15, -0.1) is 0 Å². The number of carbonyl (C=O) groups excluding carboxylic acids is 4. The molecule has 0 bridgehead atoms. The fourth-order valence-corrected chi connectivity index (χ4v) is 3.72. The fourth-order valence-electron chi connectivity index (χ4n) is 3.72. The van der Waals surface area contributed by atoms with Crippen molar-refractivity contribution < 1.29 is 43.2 Å². The lowest BCUT2D eigenvalue weighted by molar-refractivity contribution is -0.132. The van der Waals surface area contributed by atoms with Crippen LogP contribution in [-0.2, 0) is 39.9 Å². The molecule has 0 radical (unpaired) electrons. The van der Waals surface area contributed by atoms with Crippen LogP contribution in [0, 0.1) is 5.92 Å². The zero-order valence-electron chi connectivity index (χ0n) is 25.5. The molecule has 1 rings (SSSR count). The van der Waals surface area contributed by atoms with Gasteiger partial charge in [-0.1, -0.05) is 26.0 Å². The Bertz CT molecular complexity index is 947. The first-order valence-corrected chi connectivity index (χ1v) is 14.6. The monoisotopic (exact) mass is 611 g/mol. The molecule has 0 aliphatic rings. The molecule has 14 heteroatoms. The summed E-state index contributed by atoms with van der Waals surface area (Å²) in [7, 11) is 0. The Hall–Kier alpha value is -3.30. The molecule has 0 spiro atoms. The van der Waals surface area contributed by atoms with Crippen molar-refractivity contribution in [2.24, 2.45) is 11.7 Å². The molecule has 1 aromatic carbocycles. The minimum absolute atomic E-state index is 0.0452. The SMILES string of the molecule is CCOCCOCCOCCOCCC(=O)N[C@H](C(=O)N[C@@H](CCCNC(N)=O)C(=O)Nc1ccc(CO)cc1)C(C)C. The van der Waals surface area contributed by atoms with E-state index in [0.29, 0.717) is 63.9 Å². The number of aliphatic hydroxyl groups excluding tert-OH is 1. The Balaban J connectivity index is 2.54. The highest BCUT2D eigenvalue weighted by molar-refractivity contribution is 5.98. The summed E-state index contributed by atoms with van der Waals surface area (Å²) >= 11 is 0. The highest BCUT2D eigenvalue weighted by Gasteiger charge is 2.28. The number of amides is 5.